The molecule has 1 aliphatic heterocycles. The molecule has 3 aromatic heterocycles. The lowest BCUT2D eigenvalue weighted by atomic mass is 10.0. The Morgan fingerprint density at radius 3 is 2.67 bits per heavy atom. The summed E-state index contributed by atoms with van der Waals surface area (Å²) in [4.78, 5) is 28.7. The lowest BCUT2D eigenvalue weighted by molar-refractivity contribution is -0.123. The molecule has 0 saturated heterocycles. The van der Waals surface area contributed by atoms with Crippen molar-refractivity contribution >= 4 is 40.7 Å². The number of amides is 2. The minimum atomic E-state index is -0.273. The summed E-state index contributed by atoms with van der Waals surface area (Å²) >= 11 is 3.20. The van der Waals surface area contributed by atoms with E-state index in [9.17, 15) is 9.59 Å². The minimum Gasteiger partial charge on any atom is -0.467 e. The summed E-state index contributed by atoms with van der Waals surface area (Å²) in [6, 6.07) is 21.8. The van der Waals surface area contributed by atoms with Gasteiger partial charge < -0.3 is 9.73 Å². The molecule has 1 aliphatic rings. The molecule has 0 unspecified atom stereocenters. The van der Waals surface area contributed by atoms with Gasteiger partial charge in [-0.3, -0.25) is 14.5 Å². The first-order valence-electron chi connectivity index (χ1n) is 13.0. The molecule has 2 amide bonds. The molecule has 1 N–H and O–H groups in total. The van der Waals surface area contributed by atoms with Crippen LogP contribution in [0.4, 0.5) is 5.82 Å². The molecule has 0 radical (unpaired) electrons. The van der Waals surface area contributed by atoms with Crippen LogP contribution in [0, 0.1) is 13.8 Å². The predicted molar refractivity (Wildman–Crippen MR) is 160 cm³/mol. The van der Waals surface area contributed by atoms with Gasteiger partial charge in [-0.05, 0) is 65.6 Å². The first-order chi connectivity index (χ1) is 19.5. The Morgan fingerprint density at radius 1 is 1.07 bits per heavy atom. The molecule has 5 aromatic rings. The van der Waals surface area contributed by atoms with Crippen molar-refractivity contribution in [3.63, 3.8) is 0 Å². The summed E-state index contributed by atoms with van der Waals surface area (Å²) in [5.41, 5.74) is 6.87. The molecule has 202 valence electrons. The monoisotopic (exact) mass is 568 g/mol. The van der Waals surface area contributed by atoms with Crippen LogP contribution >= 0.6 is 23.1 Å². The number of fused-ring (bicyclic) bond motifs is 1. The van der Waals surface area contributed by atoms with Gasteiger partial charge in [-0.2, -0.15) is 16.4 Å². The highest BCUT2D eigenvalue weighted by atomic mass is 32.2. The maximum Gasteiger partial charge on any atom is 0.240 e. The van der Waals surface area contributed by atoms with Crippen molar-refractivity contribution in [2.75, 3.05) is 17.2 Å². The van der Waals surface area contributed by atoms with Gasteiger partial charge in [0, 0.05) is 11.1 Å². The first kappa shape index (κ1) is 26.2. The van der Waals surface area contributed by atoms with Gasteiger partial charge in [0.15, 0.2) is 0 Å². The quantitative estimate of drug-likeness (QED) is 0.249. The normalized spacial score (nSPS) is 15.1. The highest BCUT2D eigenvalue weighted by molar-refractivity contribution is 8.00. The van der Waals surface area contributed by atoms with Crippen LogP contribution in [0.15, 0.2) is 88.2 Å². The molecule has 1 atom stereocenters. The third-order valence-electron chi connectivity index (χ3n) is 7.13. The van der Waals surface area contributed by atoms with Crippen molar-refractivity contribution in [1.82, 2.24) is 15.1 Å². The Labute approximate surface area is 240 Å². The number of nitrogens with one attached hydrogen (secondary N) is 1. The standard InChI is InChI=1S/C31H28N4O3S2/c1-20-8-6-12-25(21(20)2)35-31-28(29(33-35)22-9-4-3-5-10-22)30(23-13-15-39-18-23)40-19-27(37)34(31)17-26(36)32-16-24-11-7-14-38-24/h3-15,18,30H,16-17,19H2,1-2H3,(H,32,36)/t30-/m0/s1. The zero-order valence-corrected chi connectivity index (χ0v) is 23.8. The van der Waals surface area contributed by atoms with Crippen LogP contribution in [0.1, 0.15) is 33.3 Å². The number of hydrogen-bond acceptors (Lipinski definition) is 6. The predicted octanol–water partition coefficient (Wildman–Crippen LogP) is 6.30. The van der Waals surface area contributed by atoms with Crippen molar-refractivity contribution in [3.05, 3.63) is 112 Å². The van der Waals surface area contributed by atoms with E-state index in [1.807, 2.05) is 47.1 Å². The van der Waals surface area contributed by atoms with E-state index in [1.165, 1.54) is 0 Å². The van der Waals surface area contributed by atoms with Gasteiger partial charge in [-0.1, -0.05) is 42.5 Å². The summed E-state index contributed by atoms with van der Waals surface area (Å²) in [5, 5.41) is 12.1. The fraction of sp³-hybridized carbons (Fsp3) is 0.194. The smallest absolute Gasteiger partial charge is 0.240 e. The van der Waals surface area contributed by atoms with Crippen molar-refractivity contribution in [1.29, 1.82) is 0 Å². The fourth-order valence-corrected chi connectivity index (χ4v) is 6.91. The van der Waals surface area contributed by atoms with E-state index >= 15 is 0 Å². The topological polar surface area (TPSA) is 80.4 Å². The molecular formula is C31H28N4O3S2. The number of hydrogen-bond donors (Lipinski definition) is 1. The van der Waals surface area contributed by atoms with E-state index in [1.54, 1.807) is 46.4 Å². The number of thiophene rings is 1. The van der Waals surface area contributed by atoms with Gasteiger partial charge in [0.05, 0.1) is 35.2 Å². The molecule has 0 spiro atoms. The Morgan fingerprint density at radius 2 is 1.93 bits per heavy atom. The van der Waals surface area contributed by atoms with Crippen LogP contribution in [0.2, 0.25) is 0 Å². The van der Waals surface area contributed by atoms with Gasteiger partial charge in [0.2, 0.25) is 11.8 Å². The van der Waals surface area contributed by atoms with Gasteiger partial charge in [0.1, 0.15) is 18.1 Å². The van der Waals surface area contributed by atoms with Crippen molar-refractivity contribution < 1.29 is 14.0 Å². The maximum absolute atomic E-state index is 13.8. The number of aromatic nitrogens is 2. The second-order valence-electron chi connectivity index (χ2n) is 9.67. The second kappa shape index (κ2) is 11.2. The lowest BCUT2D eigenvalue weighted by Gasteiger charge is -2.24. The number of nitrogens with zero attached hydrogens (tertiary/aromatic N) is 3. The highest BCUT2D eigenvalue weighted by Crippen LogP contribution is 2.49. The van der Waals surface area contributed by atoms with Gasteiger partial charge in [-0.15, -0.1) is 11.8 Å². The van der Waals surface area contributed by atoms with E-state index in [0.717, 1.165) is 39.2 Å². The van der Waals surface area contributed by atoms with E-state index < -0.39 is 0 Å². The Kier molecular flexibility index (Phi) is 7.32. The Balaban J connectivity index is 1.55. The number of aryl methyl sites for hydroxylation is 1. The fourth-order valence-electron chi connectivity index (χ4n) is 4.95. The second-order valence-corrected chi connectivity index (χ2v) is 11.5. The Bertz CT molecular complexity index is 1640. The molecule has 0 saturated carbocycles. The molecule has 9 heteroatoms. The molecule has 4 heterocycles. The molecule has 2 aromatic carbocycles. The lowest BCUT2D eigenvalue weighted by Crippen LogP contribution is -2.42. The van der Waals surface area contributed by atoms with Crippen LogP contribution in [0.3, 0.4) is 0 Å². The molecule has 0 bridgehead atoms. The van der Waals surface area contributed by atoms with Crippen molar-refractivity contribution in [3.8, 4) is 16.9 Å². The molecule has 6 rings (SSSR count). The van der Waals surface area contributed by atoms with Gasteiger partial charge in [0.25, 0.3) is 0 Å². The van der Waals surface area contributed by atoms with Crippen LogP contribution in [-0.4, -0.2) is 33.9 Å². The van der Waals surface area contributed by atoms with Crippen molar-refractivity contribution in [2.24, 2.45) is 0 Å². The number of carbonyl (C=O) groups is 2. The third-order valence-corrected chi connectivity index (χ3v) is 9.08. The zero-order chi connectivity index (χ0) is 27.6. The number of thioether (sulfide) groups is 1. The largest absolute Gasteiger partial charge is 0.467 e. The van der Waals surface area contributed by atoms with E-state index in [0.29, 0.717) is 11.6 Å². The molecule has 0 aliphatic carbocycles. The molecule has 7 nitrogen and oxygen atoms in total. The number of rotatable bonds is 7. The Hall–Kier alpha value is -4.08. The maximum atomic E-state index is 13.8. The summed E-state index contributed by atoms with van der Waals surface area (Å²) in [7, 11) is 0. The van der Waals surface area contributed by atoms with Crippen LogP contribution in [0.25, 0.3) is 16.9 Å². The van der Waals surface area contributed by atoms with E-state index in [2.05, 4.69) is 42.1 Å². The van der Waals surface area contributed by atoms with Crippen LogP contribution in [0.5, 0.6) is 0 Å². The zero-order valence-electron chi connectivity index (χ0n) is 22.2. The number of benzene rings is 2. The molecular weight excluding hydrogens is 541 g/mol. The average molecular weight is 569 g/mol. The summed E-state index contributed by atoms with van der Waals surface area (Å²) in [5.74, 6) is 1.11. The highest BCUT2D eigenvalue weighted by Gasteiger charge is 2.38. The number of anilines is 1. The summed E-state index contributed by atoms with van der Waals surface area (Å²) < 4.78 is 7.23. The molecule has 40 heavy (non-hydrogen) atoms. The SMILES string of the molecule is Cc1cccc(-n2nc(-c3ccccc3)c3c2N(CC(=O)NCc2ccco2)C(=O)CS[C@H]3c2ccsc2)c1C. The average Bonchev–Trinajstić information content (AvgIpc) is 3.74. The summed E-state index contributed by atoms with van der Waals surface area (Å²) in [6.45, 7) is 4.24. The van der Waals surface area contributed by atoms with Gasteiger partial charge >= 0.3 is 0 Å². The van der Waals surface area contributed by atoms with Crippen molar-refractivity contribution in [2.45, 2.75) is 25.6 Å². The van der Waals surface area contributed by atoms with Crippen LogP contribution < -0.4 is 10.2 Å². The van der Waals surface area contributed by atoms with E-state index in [4.69, 9.17) is 9.52 Å². The van der Waals surface area contributed by atoms with Crippen LogP contribution in [-0.2, 0) is 16.1 Å². The number of furan rings is 1. The molecule has 0 fully saturated rings. The van der Waals surface area contributed by atoms with E-state index in [-0.39, 0.29) is 35.9 Å². The van der Waals surface area contributed by atoms with Gasteiger partial charge in [-0.25, -0.2) is 4.68 Å². The minimum absolute atomic E-state index is 0.129. The number of carbonyl (C=O) groups excluding carboxylic acids is 2. The summed E-state index contributed by atoms with van der Waals surface area (Å²) in [6.07, 6.45) is 1.57. The first-order valence-corrected chi connectivity index (χ1v) is 15.0. The third kappa shape index (κ3) is 4.98.